The molecule has 0 fully saturated rings. The summed E-state index contributed by atoms with van der Waals surface area (Å²) >= 11 is 1.76. The Hall–Kier alpha value is -0.780. The van der Waals surface area contributed by atoms with Gasteiger partial charge in [0.25, 0.3) is 0 Å². The van der Waals surface area contributed by atoms with Crippen molar-refractivity contribution in [2.75, 3.05) is 6.54 Å². The van der Waals surface area contributed by atoms with E-state index in [0.29, 0.717) is 0 Å². The van der Waals surface area contributed by atoms with Gasteiger partial charge < -0.3 is 5.32 Å². The normalized spacial score (nSPS) is 9.85. The van der Waals surface area contributed by atoms with Crippen LogP contribution in [0.2, 0.25) is 0 Å². The lowest BCUT2D eigenvalue weighted by atomic mass is 10.2. The zero-order valence-corrected chi connectivity index (χ0v) is 8.79. The third-order valence-electron chi connectivity index (χ3n) is 1.95. The van der Waals surface area contributed by atoms with Crippen molar-refractivity contribution in [2.24, 2.45) is 0 Å². The highest BCUT2D eigenvalue weighted by Crippen LogP contribution is 2.12. The fraction of sp³-hybridized carbons (Fsp3) is 0.455. The van der Waals surface area contributed by atoms with Gasteiger partial charge in [0.1, 0.15) is 0 Å². The summed E-state index contributed by atoms with van der Waals surface area (Å²) in [5, 5.41) is 7.75. The SMILES string of the molecule is C#CCCCNCc1cscc1C. The van der Waals surface area contributed by atoms with Gasteiger partial charge in [0.05, 0.1) is 0 Å². The minimum absolute atomic E-state index is 0.871. The summed E-state index contributed by atoms with van der Waals surface area (Å²) < 4.78 is 0. The molecule has 1 heterocycles. The van der Waals surface area contributed by atoms with E-state index in [9.17, 15) is 0 Å². The number of thiophene rings is 1. The van der Waals surface area contributed by atoms with Crippen LogP contribution in [0.4, 0.5) is 0 Å². The third kappa shape index (κ3) is 3.63. The maximum absolute atomic E-state index is 5.15. The lowest BCUT2D eigenvalue weighted by Gasteiger charge is -2.02. The topological polar surface area (TPSA) is 12.0 Å². The first-order chi connectivity index (χ1) is 6.34. The molecule has 0 aliphatic heterocycles. The Morgan fingerprint density at radius 1 is 1.54 bits per heavy atom. The standard InChI is InChI=1S/C11H15NS/c1-3-4-5-6-12-7-11-9-13-8-10(11)2/h1,8-9,12H,4-7H2,2H3. The Balaban J connectivity index is 2.14. The lowest BCUT2D eigenvalue weighted by molar-refractivity contribution is 0.658. The van der Waals surface area contributed by atoms with Gasteiger partial charge in [-0.1, -0.05) is 0 Å². The quantitative estimate of drug-likeness (QED) is 0.560. The van der Waals surface area contributed by atoms with Crippen molar-refractivity contribution in [3.63, 3.8) is 0 Å². The van der Waals surface area contributed by atoms with Crippen molar-refractivity contribution >= 4 is 11.3 Å². The minimum Gasteiger partial charge on any atom is -0.313 e. The summed E-state index contributed by atoms with van der Waals surface area (Å²) in [5.74, 6) is 2.63. The second-order valence-corrected chi connectivity index (χ2v) is 3.81. The summed E-state index contributed by atoms with van der Waals surface area (Å²) in [4.78, 5) is 0. The second kappa shape index (κ2) is 5.80. The van der Waals surface area contributed by atoms with Gasteiger partial charge in [-0.15, -0.1) is 12.3 Å². The molecule has 0 spiro atoms. The molecule has 0 aromatic carbocycles. The van der Waals surface area contributed by atoms with E-state index in [4.69, 9.17) is 6.42 Å². The molecule has 0 amide bonds. The van der Waals surface area contributed by atoms with Crippen LogP contribution in [0.1, 0.15) is 24.0 Å². The van der Waals surface area contributed by atoms with E-state index in [1.54, 1.807) is 11.3 Å². The van der Waals surface area contributed by atoms with Crippen LogP contribution in [0, 0.1) is 19.3 Å². The van der Waals surface area contributed by atoms with Crippen LogP contribution in [0.15, 0.2) is 10.8 Å². The highest BCUT2D eigenvalue weighted by molar-refractivity contribution is 7.08. The number of hydrogen-bond donors (Lipinski definition) is 1. The zero-order chi connectivity index (χ0) is 9.52. The molecule has 1 rings (SSSR count). The molecular formula is C11H15NS. The minimum atomic E-state index is 0.871. The van der Waals surface area contributed by atoms with E-state index >= 15 is 0 Å². The number of unbranched alkanes of at least 4 members (excludes halogenated alkanes) is 1. The average Bonchev–Trinajstić information content (AvgIpc) is 2.52. The maximum Gasteiger partial charge on any atom is 0.0216 e. The molecule has 0 atom stereocenters. The van der Waals surface area contributed by atoms with Gasteiger partial charge in [0.15, 0.2) is 0 Å². The van der Waals surface area contributed by atoms with Crippen LogP contribution in [0.5, 0.6) is 0 Å². The molecule has 1 N–H and O–H groups in total. The van der Waals surface area contributed by atoms with Crippen LogP contribution in [0.3, 0.4) is 0 Å². The molecule has 0 bridgehead atoms. The lowest BCUT2D eigenvalue weighted by Crippen LogP contribution is -2.14. The van der Waals surface area contributed by atoms with Gasteiger partial charge in [0, 0.05) is 13.0 Å². The molecular weight excluding hydrogens is 178 g/mol. The van der Waals surface area contributed by atoms with Crippen molar-refractivity contribution in [1.29, 1.82) is 0 Å². The zero-order valence-electron chi connectivity index (χ0n) is 7.97. The molecule has 70 valence electrons. The molecule has 0 radical (unpaired) electrons. The molecule has 13 heavy (non-hydrogen) atoms. The molecule has 0 aliphatic carbocycles. The average molecular weight is 193 g/mol. The van der Waals surface area contributed by atoms with Gasteiger partial charge in [-0.2, -0.15) is 11.3 Å². The highest BCUT2D eigenvalue weighted by Gasteiger charge is 1.97. The van der Waals surface area contributed by atoms with E-state index in [2.05, 4.69) is 28.9 Å². The monoisotopic (exact) mass is 193 g/mol. The van der Waals surface area contributed by atoms with Crippen LogP contribution in [-0.4, -0.2) is 6.54 Å². The summed E-state index contributed by atoms with van der Waals surface area (Å²) in [5.41, 5.74) is 2.79. The summed E-state index contributed by atoms with van der Waals surface area (Å²) in [6, 6.07) is 0. The Morgan fingerprint density at radius 2 is 2.38 bits per heavy atom. The summed E-state index contributed by atoms with van der Waals surface area (Å²) in [6.45, 7) is 4.13. The van der Waals surface area contributed by atoms with Gasteiger partial charge in [-0.25, -0.2) is 0 Å². The number of terminal acetylenes is 1. The fourth-order valence-corrected chi connectivity index (χ4v) is 1.96. The first-order valence-corrected chi connectivity index (χ1v) is 5.44. The number of aryl methyl sites for hydroxylation is 1. The Morgan fingerprint density at radius 3 is 3.00 bits per heavy atom. The summed E-state index contributed by atoms with van der Waals surface area (Å²) in [6.07, 6.45) is 7.09. The molecule has 0 unspecified atom stereocenters. The Kier molecular flexibility index (Phi) is 4.59. The van der Waals surface area contributed by atoms with Gasteiger partial charge >= 0.3 is 0 Å². The molecule has 1 aromatic heterocycles. The molecule has 0 saturated carbocycles. The van der Waals surface area contributed by atoms with Crippen molar-refractivity contribution < 1.29 is 0 Å². The number of rotatable bonds is 5. The van der Waals surface area contributed by atoms with Crippen molar-refractivity contribution in [3.05, 3.63) is 21.9 Å². The van der Waals surface area contributed by atoms with Gasteiger partial charge in [0.2, 0.25) is 0 Å². The highest BCUT2D eigenvalue weighted by atomic mass is 32.1. The first kappa shape index (κ1) is 10.3. The van der Waals surface area contributed by atoms with Crippen LogP contribution in [0.25, 0.3) is 0 Å². The molecule has 1 nitrogen and oxygen atoms in total. The van der Waals surface area contributed by atoms with Crippen molar-refractivity contribution in [1.82, 2.24) is 5.32 Å². The number of hydrogen-bond acceptors (Lipinski definition) is 2. The summed E-state index contributed by atoms with van der Waals surface area (Å²) in [7, 11) is 0. The Bertz CT molecular complexity index is 283. The van der Waals surface area contributed by atoms with Crippen molar-refractivity contribution in [2.45, 2.75) is 26.3 Å². The van der Waals surface area contributed by atoms with E-state index in [1.807, 2.05) is 0 Å². The first-order valence-electron chi connectivity index (χ1n) is 4.50. The maximum atomic E-state index is 5.15. The molecule has 2 heteroatoms. The van der Waals surface area contributed by atoms with Gasteiger partial charge in [-0.05, 0) is 41.8 Å². The van der Waals surface area contributed by atoms with Crippen molar-refractivity contribution in [3.8, 4) is 12.3 Å². The van der Waals surface area contributed by atoms with E-state index in [1.165, 1.54) is 11.1 Å². The van der Waals surface area contributed by atoms with Crippen LogP contribution < -0.4 is 5.32 Å². The van der Waals surface area contributed by atoms with E-state index < -0.39 is 0 Å². The molecule has 0 aliphatic rings. The molecule has 1 aromatic rings. The fourth-order valence-electron chi connectivity index (χ4n) is 1.11. The molecule has 0 saturated heterocycles. The number of nitrogens with one attached hydrogen (secondary N) is 1. The van der Waals surface area contributed by atoms with E-state index in [0.717, 1.165) is 25.9 Å². The second-order valence-electron chi connectivity index (χ2n) is 3.06. The predicted molar refractivity (Wildman–Crippen MR) is 58.8 cm³/mol. The van der Waals surface area contributed by atoms with Crippen LogP contribution >= 0.6 is 11.3 Å². The van der Waals surface area contributed by atoms with Crippen LogP contribution in [-0.2, 0) is 6.54 Å². The van der Waals surface area contributed by atoms with E-state index in [-0.39, 0.29) is 0 Å². The van der Waals surface area contributed by atoms with Gasteiger partial charge in [-0.3, -0.25) is 0 Å². The smallest absolute Gasteiger partial charge is 0.0216 e. The largest absolute Gasteiger partial charge is 0.313 e. The third-order valence-corrected chi connectivity index (χ3v) is 2.86. The Labute approximate surface area is 84.2 Å². The predicted octanol–water partition coefficient (Wildman–Crippen LogP) is 2.56.